The summed E-state index contributed by atoms with van der Waals surface area (Å²) in [7, 11) is 1.52. The highest BCUT2D eigenvalue weighted by Crippen LogP contribution is 2.28. The van der Waals surface area contributed by atoms with Gasteiger partial charge in [-0.25, -0.2) is 14.4 Å². The van der Waals surface area contributed by atoms with Crippen molar-refractivity contribution in [2.24, 2.45) is 0 Å². The van der Waals surface area contributed by atoms with Gasteiger partial charge in [-0.3, -0.25) is 9.59 Å². The van der Waals surface area contributed by atoms with Crippen LogP contribution in [0.3, 0.4) is 0 Å². The minimum absolute atomic E-state index is 0.0882. The predicted octanol–water partition coefficient (Wildman–Crippen LogP) is 1.95. The van der Waals surface area contributed by atoms with E-state index in [4.69, 9.17) is 9.47 Å². The molecule has 4 N–H and O–H groups in total. The van der Waals surface area contributed by atoms with Crippen LogP contribution in [-0.4, -0.2) is 47.0 Å². The highest BCUT2D eigenvalue weighted by Gasteiger charge is 2.18. The van der Waals surface area contributed by atoms with E-state index in [0.29, 0.717) is 17.2 Å². The van der Waals surface area contributed by atoms with Gasteiger partial charge >= 0.3 is 0 Å². The molecule has 2 amide bonds. The summed E-state index contributed by atoms with van der Waals surface area (Å²) >= 11 is 0. The fourth-order valence-electron chi connectivity index (χ4n) is 2.68. The van der Waals surface area contributed by atoms with Gasteiger partial charge in [-0.05, 0) is 24.3 Å². The number of carbonyl (C=O) groups is 2. The van der Waals surface area contributed by atoms with Crippen molar-refractivity contribution in [2.45, 2.75) is 0 Å². The first-order valence-corrected chi connectivity index (χ1v) is 9.44. The van der Waals surface area contributed by atoms with Gasteiger partial charge in [0, 0.05) is 18.8 Å². The molecule has 32 heavy (non-hydrogen) atoms. The van der Waals surface area contributed by atoms with E-state index in [2.05, 4.69) is 36.2 Å². The number of benzene rings is 1. The smallest absolute Gasteiger partial charge is 0.263 e. The Hall–Kier alpha value is -4.48. The third kappa shape index (κ3) is 4.98. The van der Waals surface area contributed by atoms with Gasteiger partial charge in [0.05, 0.1) is 6.20 Å². The fraction of sp³-hybridized carbons (Fsp3) is 0.150. The van der Waals surface area contributed by atoms with Crippen molar-refractivity contribution in [1.82, 2.24) is 20.3 Å². The number of aromatic nitrogens is 3. The molecule has 3 aromatic rings. The first-order valence-electron chi connectivity index (χ1n) is 9.44. The van der Waals surface area contributed by atoms with E-state index < -0.39 is 5.82 Å². The van der Waals surface area contributed by atoms with Gasteiger partial charge in [-0.1, -0.05) is 6.07 Å². The molecule has 0 radical (unpaired) electrons. The molecule has 12 heteroatoms. The second-order valence-corrected chi connectivity index (χ2v) is 6.51. The van der Waals surface area contributed by atoms with Gasteiger partial charge in [-0.2, -0.15) is 4.98 Å². The number of carbonyl (C=O) groups excluding carboxylic acids is 2. The Morgan fingerprint density at radius 2 is 2.12 bits per heavy atom. The lowest BCUT2D eigenvalue weighted by molar-refractivity contribution is -0.122. The maximum absolute atomic E-state index is 14.3. The highest BCUT2D eigenvalue weighted by atomic mass is 19.1. The Labute approximate surface area is 181 Å². The van der Waals surface area contributed by atoms with E-state index in [1.165, 1.54) is 7.05 Å². The number of nitrogens with zero attached hydrogens (tertiary/aromatic N) is 3. The number of rotatable bonds is 7. The van der Waals surface area contributed by atoms with Crippen molar-refractivity contribution in [2.75, 3.05) is 36.2 Å². The Bertz CT molecular complexity index is 1170. The number of hydrogen-bond acceptors (Lipinski definition) is 9. The number of nitrogens with one attached hydrogen (secondary N) is 4. The number of hydrogen-bond donors (Lipinski definition) is 4. The van der Waals surface area contributed by atoms with Gasteiger partial charge in [0.15, 0.2) is 36.4 Å². The molecule has 3 heterocycles. The van der Waals surface area contributed by atoms with Crippen LogP contribution in [0.5, 0.6) is 11.5 Å². The Balaban J connectivity index is 1.48. The molecule has 0 fully saturated rings. The Morgan fingerprint density at radius 3 is 2.97 bits per heavy atom. The summed E-state index contributed by atoms with van der Waals surface area (Å²) in [6.07, 6.45) is 1.01. The number of pyridine rings is 1. The van der Waals surface area contributed by atoms with Gasteiger partial charge in [0.1, 0.15) is 11.6 Å². The van der Waals surface area contributed by atoms with E-state index in [9.17, 15) is 14.0 Å². The Morgan fingerprint density at radius 1 is 1.25 bits per heavy atom. The van der Waals surface area contributed by atoms with E-state index in [-0.39, 0.29) is 48.4 Å². The SMILES string of the molecule is CNC(=O)COc1cccc(Nc2ncc(F)c(Nc3ccc4c(n3)NC(=O)CO4)n2)c1. The van der Waals surface area contributed by atoms with Crippen molar-refractivity contribution in [3.05, 3.63) is 48.4 Å². The topological polar surface area (TPSA) is 139 Å². The second-order valence-electron chi connectivity index (χ2n) is 6.51. The minimum atomic E-state index is -0.696. The number of anilines is 5. The van der Waals surface area contributed by atoms with Crippen LogP contribution in [0.4, 0.5) is 33.5 Å². The summed E-state index contributed by atoms with van der Waals surface area (Å²) in [6.45, 7) is -0.213. The zero-order valence-electron chi connectivity index (χ0n) is 16.8. The molecule has 1 aliphatic heterocycles. The van der Waals surface area contributed by atoms with Gasteiger partial charge in [0.2, 0.25) is 5.95 Å². The van der Waals surface area contributed by atoms with Crippen LogP contribution in [0.15, 0.2) is 42.6 Å². The number of likely N-dealkylation sites (N-methyl/N-ethyl adjacent to an activating group) is 1. The Kier molecular flexibility index (Phi) is 5.92. The number of fused-ring (bicyclic) bond motifs is 1. The van der Waals surface area contributed by atoms with Gasteiger partial charge < -0.3 is 30.7 Å². The summed E-state index contributed by atoms with van der Waals surface area (Å²) in [5.74, 6) is 0.0670. The van der Waals surface area contributed by atoms with Crippen LogP contribution >= 0.6 is 0 Å². The van der Waals surface area contributed by atoms with Crippen molar-refractivity contribution in [3.8, 4) is 11.5 Å². The minimum Gasteiger partial charge on any atom is -0.484 e. The van der Waals surface area contributed by atoms with Crippen molar-refractivity contribution in [1.29, 1.82) is 0 Å². The molecule has 11 nitrogen and oxygen atoms in total. The number of halogens is 1. The fourth-order valence-corrected chi connectivity index (χ4v) is 2.68. The summed E-state index contributed by atoms with van der Waals surface area (Å²) in [6, 6.07) is 9.97. The van der Waals surface area contributed by atoms with Crippen LogP contribution in [0.25, 0.3) is 0 Å². The highest BCUT2D eigenvalue weighted by molar-refractivity contribution is 5.94. The lowest BCUT2D eigenvalue weighted by Crippen LogP contribution is -2.26. The molecule has 0 bridgehead atoms. The second kappa shape index (κ2) is 9.12. The summed E-state index contributed by atoms with van der Waals surface area (Å²) < 4.78 is 24.9. The van der Waals surface area contributed by atoms with E-state index in [1.807, 2.05) is 0 Å². The van der Waals surface area contributed by atoms with Crippen LogP contribution in [0.1, 0.15) is 0 Å². The number of ether oxygens (including phenoxy) is 2. The first-order chi connectivity index (χ1) is 15.5. The average molecular weight is 439 g/mol. The zero-order valence-corrected chi connectivity index (χ0v) is 16.8. The average Bonchev–Trinajstić information content (AvgIpc) is 2.79. The maximum atomic E-state index is 14.3. The lowest BCUT2D eigenvalue weighted by Gasteiger charge is -2.17. The monoisotopic (exact) mass is 439 g/mol. The summed E-state index contributed by atoms with van der Waals surface area (Å²) in [5, 5.41) is 10.8. The van der Waals surface area contributed by atoms with Crippen LogP contribution in [0, 0.1) is 5.82 Å². The largest absolute Gasteiger partial charge is 0.484 e. The van der Waals surface area contributed by atoms with Gasteiger partial charge in [0.25, 0.3) is 11.8 Å². The summed E-state index contributed by atoms with van der Waals surface area (Å²) in [4.78, 5) is 35.1. The molecule has 2 aromatic heterocycles. The quantitative estimate of drug-likeness (QED) is 0.435. The van der Waals surface area contributed by atoms with Crippen LogP contribution in [0.2, 0.25) is 0 Å². The normalized spacial score (nSPS) is 12.1. The van der Waals surface area contributed by atoms with Crippen molar-refractivity contribution >= 4 is 40.9 Å². The molecule has 164 valence electrons. The lowest BCUT2D eigenvalue weighted by atomic mass is 10.3. The molecule has 0 atom stereocenters. The third-order valence-electron chi connectivity index (χ3n) is 4.20. The van der Waals surface area contributed by atoms with Crippen LogP contribution in [-0.2, 0) is 9.59 Å². The molecular formula is C20H18FN7O4. The van der Waals surface area contributed by atoms with Crippen molar-refractivity contribution in [3.63, 3.8) is 0 Å². The molecule has 0 unspecified atom stereocenters. The number of amides is 2. The molecule has 1 aromatic carbocycles. The van der Waals surface area contributed by atoms with Crippen LogP contribution < -0.4 is 30.7 Å². The first kappa shape index (κ1) is 20.8. The van der Waals surface area contributed by atoms with E-state index >= 15 is 0 Å². The molecule has 0 saturated heterocycles. The van der Waals surface area contributed by atoms with E-state index in [0.717, 1.165) is 6.20 Å². The third-order valence-corrected chi connectivity index (χ3v) is 4.20. The zero-order chi connectivity index (χ0) is 22.5. The molecule has 4 rings (SSSR count). The van der Waals surface area contributed by atoms with Crippen molar-refractivity contribution < 1.29 is 23.5 Å². The van der Waals surface area contributed by atoms with Gasteiger partial charge in [-0.15, -0.1) is 0 Å². The summed E-state index contributed by atoms with van der Waals surface area (Å²) in [5.41, 5.74) is 0.573. The molecule has 1 aliphatic rings. The van der Waals surface area contributed by atoms with E-state index in [1.54, 1.807) is 36.4 Å². The standard InChI is InChI=1S/C20H18FN7O4/c1-22-16(29)9-31-12-4-2-3-11(7-12)24-20-23-8-13(21)18(28-20)25-15-6-5-14-19(26-15)27-17(30)10-32-14/h2-8H,9-10H2,1H3,(H,22,29)(H3,23,24,25,26,27,28,30). The predicted molar refractivity (Wildman–Crippen MR) is 113 cm³/mol. The maximum Gasteiger partial charge on any atom is 0.263 e. The molecule has 0 aliphatic carbocycles. The molecule has 0 spiro atoms. The molecule has 0 saturated carbocycles. The molecular weight excluding hydrogens is 421 g/mol.